The minimum absolute atomic E-state index is 0.338. The highest BCUT2D eigenvalue weighted by Crippen LogP contribution is 2.24. The molecule has 1 N–H and O–H groups in total. The van der Waals surface area contributed by atoms with Gasteiger partial charge in [-0.1, -0.05) is 13.8 Å². The average Bonchev–Trinajstić information content (AvgIpc) is 3.00. The van der Waals surface area contributed by atoms with Gasteiger partial charge < -0.3 is 10.2 Å². The Morgan fingerprint density at radius 2 is 2.22 bits per heavy atom. The molecule has 2 rings (SSSR count). The molecule has 0 atom stereocenters. The molecule has 1 aliphatic rings. The molecule has 0 unspecified atom stereocenters. The molecule has 0 aromatic carbocycles. The third kappa shape index (κ3) is 5.00. The predicted molar refractivity (Wildman–Crippen MR) is 83.2 cm³/mol. The number of hydrogen-bond acceptors (Lipinski definition) is 3. The minimum atomic E-state index is 0.338. The summed E-state index contributed by atoms with van der Waals surface area (Å²) in [5.74, 6) is 0. The van der Waals surface area contributed by atoms with Crippen LogP contribution in [0.15, 0.2) is 15.2 Å². The van der Waals surface area contributed by atoms with Crippen molar-refractivity contribution in [3.63, 3.8) is 0 Å². The van der Waals surface area contributed by atoms with E-state index in [1.54, 1.807) is 11.3 Å². The minimum Gasteiger partial charge on any atom is -0.313 e. The highest BCUT2D eigenvalue weighted by Gasteiger charge is 2.26. The molecule has 102 valence electrons. The van der Waals surface area contributed by atoms with Crippen molar-refractivity contribution in [2.75, 3.05) is 20.1 Å². The topological polar surface area (TPSA) is 15.3 Å². The van der Waals surface area contributed by atoms with E-state index in [0.29, 0.717) is 5.41 Å². The number of nitrogens with zero attached hydrogens (tertiary/aromatic N) is 1. The fourth-order valence-electron chi connectivity index (χ4n) is 2.29. The van der Waals surface area contributed by atoms with Crippen LogP contribution < -0.4 is 5.32 Å². The summed E-state index contributed by atoms with van der Waals surface area (Å²) in [4.78, 5) is 2.42. The third-order valence-corrected chi connectivity index (χ3v) is 4.77. The number of thiophene rings is 1. The zero-order valence-corrected chi connectivity index (χ0v) is 13.9. The highest BCUT2D eigenvalue weighted by atomic mass is 79.9. The number of hydrogen-bond donors (Lipinski definition) is 1. The summed E-state index contributed by atoms with van der Waals surface area (Å²) in [7, 11) is 2.21. The molecule has 1 aromatic rings. The van der Waals surface area contributed by atoms with Gasteiger partial charge >= 0.3 is 0 Å². The van der Waals surface area contributed by atoms with E-state index >= 15 is 0 Å². The smallest absolute Gasteiger partial charge is 0.0701 e. The molecule has 18 heavy (non-hydrogen) atoms. The van der Waals surface area contributed by atoms with Crippen LogP contribution in [0.4, 0.5) is 0 Å². The van der Waals surface area contributed by atoms with E-state index in [1.807, 2.05) is 0 Å². The van der Waals surface area contributed by atoms with Crippen molar-refractivity contribution in [2.45, 2.75) is 39.3 Å². The van der Waals surface area contributed by atoms with Gasteiger partial charge in [0.15, 0.2) is 0 Å². The van der Waals surface area contributed by atoms with E-state index in [-0.39, 0.29) is 0 Å². The van der Waals surface area contributed by atoms with Crippen molar-refractivity contribution in [3.05, 3.63) is 20.8 Å². The fourth-order valence-corrected chi connectivity index (χ4v) is 3.49. The Morgan fingerprint density at radius 3 is 2.78 bits per heavy atom. The SMILES string of the molecule is CN(Cc1csc(Br)c1)CC(C)(C)CNC1CC1. The molecular formula is C14H23BrN2S. The van der Waals surface area contributed by atoms with E-state index < -0.39 is 0 Å². The number of nitrogens with one attached hydrogen (secondary N) is 1. The van der Waals surface area contributed by atoms with Gasteiger partial charge in [-0.15, -0.1) is 11.3 Å². The third-order valence-electron chi connectivity index (χ3n) is 3.22. The van der Waals surface area contributed by atoms with Crippen molar-refractivity contribution in [1.82, 2.24) is 10.2 Å². The largest absolute Gasteiger partial charge is 0.313 e. The standard InChI is InChI=1S/C14H23BrN2S/c1-14(2,9-16-12-4-5-12)10-17(3)7-11-6-13(15)18-8-11/h6,8,12,16H,4-5,7,9-10H2,1-3H3. The second-order valence-corrected chi connectivity index (χ2v) is 8.54. The molecule has 1 aromatic heterocycles. The van der Waals surface area contributed by atoms with Crippen LogP contribution in [-0.4, -0.2) is 31.1 Å². The van der Waals surface area contributed by atoms with Crippen LogP contribution in [0.1, 0.15) is 32.3 Å². The Hall–Kier alpha value is 0.1000. The lowest BCUT2D eigenvalue weighted by Crippen LogP contribution is -2.39. The maximum atomic E-state index is 3.64. The summed E-state index contributed by atoms with van der Waals surface area (Å²) in [6, 6.07) is 3.03. The molecule has 0 aliphatic heterocycles. The lowest BCUT2D eigenvalue weighted by Gasteiger charge is -2.30. The maximum Gasteiger partial charge on any atom is 0.0701 e. The van der Waals surface area contributed by atoms with E-state index in [9.17, 15) is 0 Å². The van der Waals surface area contributed by atoms with Crippen molar-refractivity contribution >= 4 is 27.3 Å². The van der Waals surface area contributed by atoms with Gasteiger partial charge in [-0.05, 0) is 58.2 Å². The van der Waals surface area contributed by atoms with Gasteiger partial charge in [0.25, 0.3) is 0 Å². The second kappa shape index (κ2) is 6.04. The van der Waals surface area contributed by atoms with E-state index in [2.05, 4.69) is 58.5 Å². The zero-order valence-electron chi connectivity index (χ0n) is 11.5. The van der Waals surface area contributed by atoms with Crippen LogP contribution in [0.3, 0.4) is 0 Å². The molecule has 0 amide bonds. The van der Waals surface area contributed by atoms with Crippen molar-refractivity contribution < 1.29 is 0 Å². The molecule has 0 bridgehead atoms. The predicted octanol–water partition coefficient (Wildman–Crippen LogP) is 3.72. The van der Waals surface area contributed by atoms with Crippen molar-refractivity contribution in [1.29, 1.82) is 0 Å². The van der Waals surface area contributed by atoms with Crippen LogP contribution in [0.25, 0.3) is 0 Å². The molecule has 1 saturated carbocycles. The molecule has 1 heterocycles. The van der Waals surface area contributed by atoms with Gasteiger partial charge in [0.1, 0.15) is 0 Å². The number of rotatable bonds is 7. The summed E-state index contributed by atoms with van der Waals surface area (Å²) in [5.41, 5.74) is 1.74. The van der Waals surface area contributed by atoms with Gasteiger partial charge in [-0.2, -0.15) is 0 Å². The summed E-state index contributed by atoms with van der Waals surface area (Å²) in [6.45, 7) is 7.98. The molecule has 4 heteroatoms. The number of halogens is 1. The summed E-state index contributed by atoms with van der Waals surface area (Å²) < 4.78 is 1.22. The average molecular weight is 331 g/mol. The first-order chi connectivity index (χ1) is 8.44. The molecule has 0 spiro atoms. The Morgan fingerprint density at radius 1 is 1.50 bits per heavy atom. The first-order valence-electron chi connectivity index (χ1n) is 6.59. The highest BCUT2D eigenvalue weighted by molar-refractivity contribution is 9.11. The summed E-state index contributed by atoms with van der Waals surface area (Å²) in [6.07, 6.45) is 2.74. The Balaban J connectivity index is 1.75. The van der Waals surface area contributed by atoms with Gasteiger partial charge in [0.2, 0.25) is 0 Å². The fraction of sp³-hybridized carbons (Fsp3) is 0.714. The van der Waals surface area contributed by atoms with Crippen molar-refractivity contribution in [3.8, 4) is 0 Å². The molecule has 0 saturated heterocycles. The Labute approximate surface area is 123 Å². The van der Waals surface area contributed by atoms with Gasteiger partial charge in [0.05, 0.1) is 3.79 Å². The summed E-state index contributed by atoms with van der Waals surface area (Å²) in [5, 5.41) is 5.87. The maximum absolute atomic E-state index is 3.64. The van der Waals surface area contributed by atoms with Gasteiger partial charge in [-0.3, -0.25) is 0 Å². The van der Waals surface area contributed by atoms with E-state index in [1.165, 1.54) is 22.2 Å². The Bertz CT molecular complexity index is 385. The van der Waals surface area contributed by atoms with Crippen molar-refractivity contribution in [2.24, 2.45) is 5.41 Å². The molecular weight excluding hydrogens is 308 g/mol. The van der Waals surface area contributed by atoms with Crippen LogP contribution >= 0.6 is 27.3 Å². The monoisotopic (exact) mass is 330 g/mol. The van der Waals surface area contributed by atoms with Crippen LogP contribution in [0.2, 0.25) is 0 Å². The van der Waals surface area contributed by atoms with Gasteiger partial charge in [0, 0.05) is 25.7 Å². The molecule has 1 aliphatic carbocycles. The Kier molecular flexibility index (Phi) is 4.86. The normalized spacial score (nSPS) is 16.5. The lowest BCUT2D eigenvalue weighted by atomic mass is 9.92. The quantitative estimate of drug-likeness (QED) is 0.819. The molecule has 2 nitrogen and oxygen atoms in total. The first kappa shape index (κ1) is 14.5. The van der Waals surface area contributed by atoms with E-state index in [4.69, 9.17) is 0 Å². The first-order valence-corrected chi connectivity index (χ1v) is 8.27. The second-order valence-electron chi connectivity index (χ2n) is 6.25. The summed E-state index contributed by atoms with van der Waals surface area (Å²) >= 11 is 5.29. The van der Waals surface area contributed by atoms with E-state index in [0.717, 1.165) is 25.7 Å². The van der Waals surface area contributed by atoms with Crippen LogP contribution in [0, 0.1) is 5.41 Å². The van der Waals surface area contributed by atoms with Crippen LogP contribution in [-0.2, 0) is 6.54 Å². The zero-order chi connectivity index (χ0) is 13.2. The lowest BCUT2D eigenvalue weighted by molar-refractivity contribution is 0.198. The van der Waals surface area contributed by atoms with Gasteiger partial charge in [-0.25, -0.2) is 0 Å². The van der Waals surface area contributed by atoms with Crippen LogP contribution in [0.5, 0.6) is 0 Å². The molecule has 0 radical (unpaired) electrons. The molecule has 1 fully saturated rings.